The molecule has 1 fully saturated rings. The lowest BCUT2D eigenvalue weighted by Gasteiger charge is -2.16. The number of rotatable bonds is 6. The summed E-state index contributed by atoms with van der Waals surface area (Å²) in [4.78, 5) is 29.1. The van der Waals surface area contributed by atoms with E-state index in [1.54, 1.807) is 29.2 Å². The molecular formula is C17H19N3O5. The van der Waals surface area contributed by atoms with Gasteiger partial charge in [0, 0.05) is 25.1 Å². The second kappa shape index (κ2) is 7.33. The zero-order chi connectivity index (χ0) is 17.8. The molecule has 1 amide bonds. The van der Waals surface area contributed by atoms with Crippen LogP contribution in [-0.4, -0.2) is 45.1 Å². The molecule has 0 bridgehead atoms. The highest BCUT2D eigenvalue weighted by Gasteiger charge is 2.31. The van der Waals surface area contributed by atoms with Crippen molar-refractivity contribution in [1.82, 2.24) is 15.0 Å². The highest BCUT2D eigenvalue weighted by molar-refractivity contribution is 5.94. The van der Waals surface area contributed by atoms with Gasteiger partial charge >= 0.3 is 5.97 Å². The molecule has 0 aliphatic carbocycles. The number of benzene rings is 1. The zero-order valence-electron chi connectivity index (χ0n) is 13.8. The van der Waals surface area contributed by atoms with Gasteiger partial charge in [-0.1, -0.05) is 12.1 Å². The first-order chi connectivity index (χ1) is 12.1. The number of carbonyl (C=O) groups is 2. The maximum Gasteiger partial charge on any atom is 0.308 e. The van der Waals surface area contributed by atoms with Gasteiger partial charge in [0.05, 0.1) is 5.92 Å². The zero-order valence-corrected chi connectivity index (χ0v) is 13.8. The van der Waals surface area contributed by atoms with Crippen LogP contribution in [0.2, 0.25) is 0 Å². The van der Waals surface area contributed by atoms with Crippen molar-refractivity contribution in [1.29, 1.82) is 0 Å². The number of aliphatic carboxylic acids is 1. The van der Waals surface area contributed by atoms with Gasteiger partial charge in [-0.2, -0.15) is 4.98 Å². The minimum atomic E-state index is -0.855. The lowest BCUT2D eigenvalue weighted by molar-refractivity contribution is -0.141. The highest BCUT2D eigenvalue weighted by atomic mass is 16.5. The maximum absolute atomic E-state index is 12.4. The number of ether oxygens (including phenoxy) is 1. The Morgan fingerprint density at radius 2 is 2.12 bits per heavy atom. The Hall–Kier alpha value is -2.90. The smallest absolute Gasteiger partial charge is 0.308 e. The summed E-state index contributed by atoms with van der Waals surface area (Å²) in [6, 6.07) is 6.72. The fourth-order valence-electron chi connectivity index (χ4n) is 2.66. The van der Waals surface area contributed by atoms with Crippen molar-refractivity contribution in [2.45, 2.75) is 26.4 Å². The van der Waals surface area contributed by atoms with Gasteiger partial charge in [-0.15, -0.1) is 0 Å². The monoisotopic (exact) mass is 345 g/mol. The standard InChI is InChI=1S/C17H19N3O5/c1-2-15-18-14(19-25-15)10-24-13-5-3-11(4-6-13)16(21)20-8-7-12(9-20)17(22)23/h3-6,12H,2,7-10H2,1H3,(H,22,23)/t12-/m1/s1. The first kappa shape index (κ1) is 16.9. The Balaban J connectivity index is 1.56. The summed E-state index contributed by atoms with van der Waals surface area (Å²) in [7, 11) is 0. The topological polar surface area (TPSA) is 106 Å². The summed E-state index contributed by atoms with van der Waals surface area (Å²) in [5, 5.41) is 12.8. The van der Waals surface area contributed by atoms with Crippen molar-refractivity contribution >= 4 is 11.9 Å². The number of hydrogen-bond donors (Lipinski definition) is 1. The largest absolute Gasteiger partial charge is 0.485 e. The Labute approximate surface area is 144 Å². The highest BCUT2D eigenvalue weighted by Crippen LogP contribution is 2.20. The molecule has 1 aromatic carbocycles. The number of carbonyl (C=O) groups excluding carboxylic acids is 1. The summed E-state index contributed by atoms with van der Waals surface area (Å²) < 4.78 is 10.6. The van der Waals surface area contributed by atoms with E-state index >= 15 is 0 Å². The molecule has 8 heteroatoms. The molecule has 1 atom stereocenters. The lowest BCUT2D eigenvalue weighted by atomic mass is 10.1. The van der Waals surface area contributed by atoms with Gasteiger partial charge in [-0.05, 0) is 30.7 Å². The predicted molar refractivity (Wildman–Crippen MR) is 86.1 cm³/mol. The van der Waals surface area contributed by atoms with Crippen molar-refractivity contribution in [2.24, 2.45) is 5.92 Å². The van der Waals surface area contributed by atoms with Crippen molar-refractivity contribution in [2.75, 3.05) is 13.1 Å². The van der Waals surface area contributed by atoms with Crippen LogP contribution in [0.4, 0.5) is 0 Å². The number of nitrogens with zero attached hydrogens (tertiary/aromatic N) is 3. The van der Waals surface area contributed by atoms with Gasteiger partial charge in [-0.3, -0.25) is 9.59 Å². The molecule has 0 spiro atoms. The van der Waals surface area contributed by atoms with Crippen LogP contribution in [0.15, 0.2) is 28.8 Å². The van der Waals surface area contributed by atoms with Crippen molar-refractivity contribution in [3.8, 4) is 5.75 Å². The molecule has 1 aliphatic rings. The van der Waals surface area contributed by atoms with Gasteiger partial charge < -0.3 is 19.3 Å². The number of aryl methyl sites for hydroxylation is 1. The first-order valence-corrected chi connectivity index (χ1v) is 8.13. The lowest BCUT2D eigenvalue weighted by Crippen LogP contribution is -2.29. The third-order valence-corrected chi connectivity index (χ3v) is 4.11. The number of carboxylic acid groups (broad SMARTS) is 1. The van der Waals surface area contributed by atoms with E-state index in [0.29, 0.717) is 42.4 Å². The summed E-state index contributed by atoms with van der Waals surface area (Å²) in [5.74, 6) is 0.116. The molecule has 132 valence electrons. The van der Waals surface area contributed by atoms with Crippen molar-refractivity contribution < 1.29 is 24.0 Å². The molecule has 0 saturated carbocycles. The average Bonchev–Trinajstić information content (AvgIpc) is 3.29. The van der Waals surface area contributed by atoms with E-state index in [4.69, 9.17) is 14.4 Å². The average molecular weight is 345 g/mol. The first-order valence-electron chi connectivity index (χ1n) is 8.13. The Bertz CT molecular complexity index is 756. The molecule has 0 radical (unpaired) electrons. The fourth-order valence-corrected chi connectivity index (χ4v) is 2.66. The summed E-state index contributed by atoms with van der Waals surface area (Å²) >= 11 is 0. The number of likely N-dealkylation sites (tertiary alicyclic amines) is 1. The molecule has 8 nitrogen and oxygen atoms in total. The molecular weight excluding hydrogens is 326 g/mol. The van der Waals surface area contributed by atoms with Gasteiger partial charge in [-0.25, -0.2) is 0 Å². The van der Waals surface area contributed by atoms with Crippen LogP contribution < -0.4 is 4.74 Å². The van der Waals surface area contributed by atoms with E-state index in [-0.39, 0.29) is 19.1 Å². The fraction of sp³-hybridized carbons (Fsp3) is 0.412. The van der Waals surface area contributed by atoms with E-state index < -0.39 is 11.9 Å². The van der Waals surface area contributed by atoms with Crippen LogP contribution >= 0.6 is 0 Å². The molecule has 1 aliphatic heterocycles. The third-order valence-electron chi connectivity index (χ3n) is 4.11. The Kier molecular flexibility index (Phi) is 4.97. The maximum atomic E-state index is 12.4. The molecule has 0 unspecified atom stereocenters. The van der Waals surface area contributed by atoms with E-state index in [2.05, 4.69) is 10.1 Å². The number of carboxylic acids is 1. The predicted octanol–water partition coefficient (Wildman–Crippen LogP) is 1.76. The van der Waals surface area contributed by atoms with Crippen LogP contribution in [0.25, 0.3) is 0 Å². The quantitative estimate of drug-likeness (QED) is 0.850. The molecule has 2 heterocycles. The number of amides is 1. The molecule has 1 saturated heterocycles. The molecule has 1 aromatic heterocycles. The minimum Gasteiger partial charge on any atom is -0.485 e. The van der Waals surface area contributed by atoms with Gasteiger partial charge in [0.1, 0.15) is 5.75 Å². The summed E-state index contributed by atoms with van der Waals surface area (Å²) in [6.45, 7) is 2.83. The Morgan fingerprint density at radius 3 is 2.72 bits per heavy atom. The van der Waals surface area contributed by atoms with Gasteiger partial charge in [0.2, 0.25) is 11.7 Å². The minimum absolute atomic E-state index is 0.166. The summed E-state index contributed by atoms with van der Waals surface area (Å²) in [6.07, 6.45) is 1.16. The molecule has 25 heavy (non-hydrogen) atoms. The van der Waals surface area contributed by atoms with Gasteiger partial charge in [0.15, 0.2) is 6.61 Å². The van der Waals surface area contributed by atoms with Crippen LogP contribution in [0.5, 0.6) is 5.75 Å². The second-order valence-electron chi connectivity index (χ2n) is 5.85. The van der Waals surface area contributed by atoms with E-state index in [1.807, 2.05) is 6.92 Å². The molecule has 2 aromatic rings. The SMILES string of the molecule is CCc1nc(COc2ccc(C(=O)N3CC[C@@H](C(=O)O)C3)cc2)no1. The van der Waals surface area contributed by atoms with Crippen LogP contribution in [0.1, 0.15) is 35.4 Å². The van der Waals surface area contributed by atoms with Crippen LogP contribution in [0, 0.1) is 5.92 Å². The van der Waals surface area contributed by atoms with E-state index in [0.717, 1.165) is 0 Å². The molecule has 1 N–H and O–H groups in total. The number of hydrogen-bond acceptors (Lipinski definition) is 6. The van der Waals surface area contributed by atoms with E-state index in [1.165, 1.54) is 0 Å². The molecule has 3 rings (SSSR count). The van der Waals surface area contributed by atoms with E-state index in [9.17, 15) is 9.59 Å². The third kappa shape index (κ3) is 3.96. The summed E-state index contributed by atoms with van der Waals surface area (Å²) in [5.41, 5.74) is 0.506. The van der Waals surface area contributed by atoms with Crippen LogP contribution in [-0.2, 0) is 17.8 Å². The van der Waals surface area contributed by atoms with Crippen molar-refractivity contribution in [3.63, 3.8) is 0 Å². The second-order valence-corrected chi connectivity index (χ2v) is 5.85. The van der Waals surface area contributed by atoms with Gasteiger partial charge in [0.25, 0.3) is 5.91 Å². The van der Waals surface area contributed by atoms with Crippen molar-refractivity contribution in [3.05, 3.63) is 41.5 Å². The Morgan fingerprint density at radius 1 is 1.36 bits per heavy atom. The normalized spacial score (nSPS) is 16.8. The number of aromatic nitrogens is 2. The van der Waals surface area contributed by atoms with Crippen LogP contribution in [0.3, 0.4) is 0 Å².